The molecular weight excluding hydrogens is 318 g/mol. The van der Waals surface area contributed by atoms with E-state index in [-0.39, 0.29) is 13.2 Å². The minimum absolute atomic E-state index is 0.0976. The monoisotopic (exact) mass is 335 g/mol. The van der Waals surface area contributed by atoms with Gasteiger partial charge in [0.25, 0.3) is 5.91 Å². The van der Waals surface area contributed by atoms with Crippen molar-refractivity contribution in [3.05, 3.63) is 66.2 Å². The average molecular weight is 335 g/mol. The molecule has 0 aliphatic heterocycles. The Balaban J connectivity index is 1.88. The van der Waals surface area contributed by atoms with Crippen molar-refractivity contribution in [1.29, 1.82) is 0 Å². The summed E-state index contributed by atoms with van der Waals surface area (Å²) < 4.78 is 10.5. The van der Waals surface area contributed by atoms with E-state index in [9.17, 15) is 9.59 Å². The molecule has 126 valence electrons. The summed E-state index contributed by atoms with van der Waals surface area (Å²) in [6.45, 7) is -0.275. The van der Waals surface area contributed by atoms with Gasteiger partial charge in [-0.25, -0.2) is 4.79 Å². The van der Waals surface area contributed by atoms with E-state index in [1.54, 1.807) is 12.1 Å². The first kappa shape index (κ1) is 17.8. The second-order valence-electron chi connectivity index (χ2n) is 4.91. The number of hydrogen-bond acceptors (Lipinski definition) is 4. The molecule has 0 aromatic heterocycles. The molecule has 5 nitrogen and oxygen atoms in total. The Morgan fingerprint density at radius 2 is 1.84 bits per heavy atom. The van der Waals surface area contributed by atoms with E-state index in [0.29, 0.717) is 5.75 Å². The fourth-order valence-electron chi connectivity index (χ4n) is 1.86. The van der Waals surface area contributed by atoms with Crippen LogP contribution in [0.25, 0.3) is 6.08 Å². The van der Waals surface area contributed by atoms with Crippen LogP contribution in [0.15, 0.2) is 60.7 Å². The van der Waals surface area contributed by atoms with Gasteiger partial charge in [0.15, 0.2) is 6.61 Å². The van der Waals surface area contributed by atoms with Crippen LogP contribution in [0.3, 0.4) is 0 Å². The van der Waals surface area contributed by atoms with Crippen LogP contribution in [0, 0.1) is 12.3 Å². The quantitative estimate of drug-likeness (QED) is 0.480. The first-order valence-electron chi connectivity index (χ1n) is 7.55. The summed E-state index contributed by atoms with van der Waals surface area (Å²) >= 11 is 0. The fraction of sp³-hybridized carbons (Fsp3) is 0.100. The summed E-state index contributed by atoms with van der Waals surface area (Å²) in [4.78, 5) is 22.9. The van der Waals surface area contributed by atoms with Crippen LogP contribution >= 0.6 is 0 Å². The average Bonchev–Trinajstić information content (AvgIpc) is 2.64. The summed E-state index contributed by atoms with van der Waals surface area (Å²) in [6.07, 6.45) is 7.84. The molecule has 0 unspecified atom stereocenters. The van der Waals surface area contributed by atoms with Gasteiger partial charge in [0, 0.05) is 6.08 Å². The molecular formula is C20H17NO4. The van der Waals surface area contributed by atoms with Crippen molar-refractivity contribution >= 4 is 18.0 Å². The van der Waals surface area contributed by atoms with Gasteiger partial charge in [-0.2, -0.15) is 0 Å². The van der Waals surface area contributed by atoms with E-state index in [1.165, 1.54) is 6.08 Å². The molecule has 0 saturated carbocycles. The van der Waals surface area contributed by atoms with Gasteiger partial charge in [0.05, 0.1) is 6.54 Å². The molecule has 25 heavy (non-hydrogen) atoms. The Morgan fingerprint density at radius 1 is 1.08 bits per heavy atom. The van der Waals surface area contributed by atoms with E-state index in [0.717, 1.165) is 11.3 Å². The summed E-state index contributed by atoms with van der Waals surface area (Å²) in [5.41, 5.74) is 0.766. The zero-order valence-corrected chi connectivity index (χ0v) is 13.5. The number of esters is 1. The number of terminal acetylenes is 1. The first-order valence-corrected chi connectivity index (χ1v) is 7.55. The largest absolute Gasteiger partial charge is 0.457 e. The maximum absolute atomic E-state index is 11.6. The van der Waals surface area contributed by atoms with Gasteiger partial charge in [-0.3, -0.25) is 4.79 Å². The lowest BCUT2D eigenvalue weighted by atomic mass is 10.2. The normalized spacial score (nSPS) is 10.0. The van der Waals surface area contributed by atoms with Crippen LogP contribution in [0.1, 0.15) is 5.56 Å². The number of nitrogens with one attached hydrogen (secondary N) is 1. The van der Waals surface area contributed by atoms with E-state index in [2.05, 4.69) is 11.2 Å². The lowest BCUT2D eigenvalue weighted by Crippen LogP contribution is -2.28. The van der Waals surface area contributed by atoms with E-state index >= 15 is 0 Å². The molecule has 0 atom stereocenters. The van der Waals surface area contributed by atoms with Crippen LogP contribution in [-0.2, 0) is 14.3 Å². The molecule has 0 heterocycles. The third-order valence-corrected chi connectivity index (χ3v) is 2.98. The van der Waals surface area contributed by atoms with E-state index in [1.807, 2.05) is 48.5 Å². The summed E-state index contributed by atoms with van der Waals surface area (Å²) in [5.74, 6) is 2.56. The van der Waals surface area contributed by atoms with Gasteiger partial charge in [-0.1, -0.05) is 36.3 Å². The molecule has 0 aliphatic rings. The van der Waals surface area contributed by atoms with Gasteiger partial charge >= 0.3 is 5.97 Å². The summed E-state index contributed by atoms with van der Waals surface area (Å²) in [5, 5.41) is 2.40. The van der Waals surface area contributed by atoms with Crippen molar-refractivity contribution in [2.24, 2.45) is 0 Å². The van der Waals surface area contributed by atoms with Crippen LogP contribution in [0.5, 0.6) is 11.5 Å². The lowest BCUT2D eigenvalue weighted by molar-refractivity contribution is -0.143. The highest BCUT2D eigenvalue weighted by atomic mass is 16.5. The Kier molecular flexibility index (Phi) is 6.83. The number of carbonyl (C=O) groups excluding carboxylic acids is 2. The minimum Gasteiger partial charge on any atom is -0.457 e. The number of para-hydroxylation sites is 1. The summed E-state index contributed by atoms with van der Waals surface area (Å²) in [7, 11) is 0. The highest BCUT2D eigenvalue weighted by molar-refractivity contribution is 5.89. The molecule has 0 radical (unpaired) electrons. The predicted molar refractivity (Wildman–Crippen MR) is 94.8 cm³/mol. The molecule has 0 saturated heterocycles. The zero-order chi connectivity index (χ0) is 17.9. The molecule has 0 spiro atoms. The Bertz CT molecular complexity index is 791. The van der Waals surface area contributed by atoms with Crippen molar-refractivity contribution in [1.82, 2.24) is 5.32 Å². The van der Waals surface area contributed by atoms with Crippen molar-refractivity contribution in [3.63, 3.8) is 0 Å². The lowest BCUT2D eigenvalue weighted by Gasteiger charge is -2.06. The number of rotatable bonds is 7. The maximum atomic E-state index is 11.6. The predicted octanol–water partition coefficient (Wildman–Crippen LogP) is 2.78. The molecule has 2 aromatic rings. The molecule has 5 heteroatoms. The number of benzene rings is 2. The number of hydrogen-bond donors (Lipinski definition) is 1. The molecule has 0 fully saturated rings. The van der Waals surface area contributed by atoms with Crippen molar-refractivity contribution in [2.45, 2.75) is 0 Å². The molecule has 0 bridgehead atoms. The van der Waals surface area contributed by atoms with Gasteiger partial charge in [0.2, 0.25) is 0 Å². The fourth-order valence-corrected chi connectivity index (χ4v) is 1.86. The van der Waals surface area contributed by atoms with E-state index in [4.69, 9.17) is 15.9 Å². The molecule has 1 N–H and O–H groups in total. The number of carbonyl (C=O) groups is 2. The van der Waals surface area contributed by atoms with Gasteiger partial charge in [0.1, 0.15) is 11.5 Å². The van der Waals surface area contributed by atoms with Crippen LogP contribution in [-0.4, -0.2) is 25.0 Å². The molecule has 2 aromatic carbocycles. The smallest absolute Gasteiger partial charge is 0.331 e. The Labute approximate surface area is 146 Å². The van der Waals surface area contributed by atoms with Crippen LogP contribution in [0.4, 0.5) is 0 Å². The third-order valence-electron chi connectivity index (χ3n) is 2.98. The van der Waals surface area contributed by atoms with Crippen LogP contribution < -0.4 is 10.1 Å². The first-order chi connectivity index (χ1) is 12.2. The minimum atomic E-state index is -0.620. The molecule has 1 amide bonds. The highest BCUT2D eigenvalue weighted by Gasteiger charge is 2.04. The number of ether oxygens (including phenoxy) is 2. The third kappa shape index (κ3) is 6.63. The molecule has 0 aliphatic carbocycles. The standard InChI is InChI=1S/C20H17NO4/c1-2-13-21-19(22)15-24-20(23)12-11-16-7-6-10-18(14-16)25-17-8-4-3-5-9-17/h1,3-12,14H,13,15H2,(H,21,22)/b12-11+. The zero-order valence-electron chi connectivity index (χ0n) is 13.5. The highest BCUT2D eigenvalue weighted by Crippen LogP contribution is 2.22. The molecule has 2 rings (SSSR count). The van der Waals surface area contributed by atoms with Crippen molar-refractivity contribution in [3.8, 4) is 23.8 Å². The van der Waals surface area contributed by atoms with Gasteiger partial charge in [-0.15, -0.1) is 6.42 Å². The summed E-state index contributed by atoms with van der Waals surface area (Å²) in [6, 6.07) is 16.6. The Morgan fingerprint density at radius 3 is 2.60 bits per heavy atom. The van der Waals surface area contributed by atoms with Gasteiger partial charge in [-0.05, 0) is 35.9 Å². The second kappa shape index (κ2) is 9.58. The second-order valence-corrected chi connectivity index (χ2v) is 4.91. The van der Waals surface area contributed by atoms with Crippen LogP contribution in [0.2, 0.25) is 0 Å². The maximum Gasteiger partial charge on any atom is 0.331 e. The topological polar surface area (TPSA) is 64.6 Å². The van der Waals surface area contributed by atoms with Gasteiger partial charge < -0.3 is 14.8 Å². The van der Waals surface area contributed by atoms with Crippen molar-refractivity contribution < 1.29 is 19.1 Å². The SMILES string of the molecule is C#CCNC(=O)COC(=O)/C=C/c1cccc(Oc2ccccc2)c1. The van der Waals surface area contributed by atoms with E-state index < -0.39 is 11.9 Å². The number of amides is 1. The van der Waals surface area contributed by atoms with Crippen molar-refractivity contribution in [2.75, 3.05) is 13.2 Å². The Hall–Kier alpha value is -3.52.